The number of hydrogen-bond donors (Lipinski definition) is 2. The van der Waals surface area contributed by atoms with Crippen LogP contribution in [0.1, 0.15) is 32.7 Å². The highest BCUT2D eigenvalue weighted by Gasteiger charge is 2.22. The van der Waals surface area contributed by atoms with Gasteiger partial charge in [-0.2, -0.15) is 0 Å². The van der Waals surface area contributed by atoms with Crippen LogP contribution in [0.2, 0.25) is 0 Å². The van der Waals surface area contributed by atoms with Gasteiger partial charge in [-0.1, -0.05) is 48.5 Å². The highest BCUT2D eigenvalue weighted by atomic mass is 16.5. The van der Waals surface area contributed by atoms with E-state index < -0.39 is 5.97 Å². The van der Waals surface area contributed by atoms with Gasteiger partial charge in [0, 0.05) is 36.1 Å². The number of ether oxygens (including phenoxy) is 2. The minimum Gasteiger partial charge on any atom is -0.493 e. The summed E-state index contributed by atoms with van der Waals surface area (Å²) in [4.78, 5) is 12.4. The third-order valence-corrected chi connectivity index (χ3v) is 5.79. The maximum Gasteiger partial charge on any atom is 0.352 e. The van der Waals surface area contributed by atoms with Crippen LogP contribution >= 0.6 is 0 Å². The zero-order valence-electron chi connectivity index (χ0n) is 19.1. The van der Waals surface area contributed by atoms with E-state index in [0.29, 0.717) is 36.8 Å². The Hall–Kier alpha value is -3.77. The molecule has 1 aromatic heterocycles. The van der Waals surface area contributed by atoms with Crippen LogP contribution in [0.5, 0.6) is 11.5 Å². The van der Waals surface area contributed by atoms with E-state index in [1.54, 1.807) is 14.2 Å². The van der Waals surface area contributed by atoms with Crippen LogP contribution < -0.4 is 14.8 Å². The van der Waals surface area contributed by atoms with Crippen LogP contribution in [0, 0.1) is 6.92 Å². The summed E-state index contributed by atoms with van der Waals surface area (Å²) in [6, 6.07) is 21.8. The monoisotopic (exact) mass is 444 g/mol. The average Bonchev–Trinajstić information content (AvgIpc) is 3.12. The quantitative estimate of drug-likeness (QED) is 0.380. The maximum absolute atomic E-state index is 12.4. The third-order valence-electron chi connectivity index (χ3n) is 5.79. The molecule has 0 radical (unpaired) electrons. The molecule has 1 heterocycles. The molecule has 33 heavy (non-hydrogen) atoms. The molecule has 4 aromatic rings. The smallest absolute Gasteiger partial charge is 0.352 e. The lowest BCUT2D eigenvalue weighted by Crippen LogP contribution is -2.17. The standard InChI is InChI=1S/C27H28N2O4/c1-18-9-11-21-22(16-28-15-20-10-12-24(32-2)25(14-20)33-3)26(27(30)31)29(23(21)13-18)17-19-7-5-4-6-8-19/h4-14,28H,15-17H2,1-3H3,(H,30,31). The number of nitrogens with zero attached hydrogens (tertiary/aromatic N) is 1. The van der Waals surface area contributed by atoms with Crippen molar-refractivity contribution in [3.05, 3.63) is 94.7 Å². The van der Waals surface area contributed by atoms with E-state index in [2.05, 4.69) is 11.4 Å². The predicted molar refractivity (Wildman–Crippen MR) is 129 cm³/mol. The third kappa shape index (κ3) is 4.71. The SMILES string of the molecule is COc1ccc(CNCc2c(C(=O)O)n(Cc3ccccc3)c3cc(C)ccc23)cc1OC. The van der Waals surface area contributed by atoms with Crippen LogP contribution in [0.15, 0.2) is 66.7 Å². The van der Waals surface area contributed by atoms with Crippen LogP contribution in [0.25, 0.3) is 10.9 Å². The first-order chi connectivity index (χ1) is 16.0. The molecular formula is C27H28N2O4. The van der Waals surface area contributed by atoms with Gasteiger partial charge in [-0.3, -0.25) is 0 Å². The Morgan fingerprint density at radius 1 is 0.909 bits per heavy atom. The fourth-order valence-corrected chi connectivity index (χ4v) is 4.21. The van der Waals surface area contributed by atoms with Gasteiger partial charge in [-0.25, -0.2) is 4.79 Å². The van der Waals surface area contributed by atoms with Gasteiger partial charge in [0.1, 0.15) is 5.69 Å². The Morgan fingerprint density at radius 2 is 1.67 bits per heavy atom. The molecule has 170 valence electrons. The van der Waals surface area contributed by atoms with Crippen molar-refractivity contribution in [2.24, 2.45) is 0 Å². The number of nitrogens with one attached hydrogen (secondary N) is 1. The van der Waals surface area contributed by atoms with Crippen LogP contribution in [0.3, 0.4) is 0 Å². The summed E-state index contributed by atoms with van der Waals surface area (Å²) in [5, 5.41) is 14.5. The normalized spacial score (nSPS) is 11.0. The summed E-state index contributed by atoms with van der Waals surface area (Å²) >= 11 is 0. The number of carboxylic acid groups (broad SMARTS) is 1. The van der Waals surface area contributed by atoms with Gasteiger partial charge in [0.2, 0.25) is 0 Å². The average molecular weight is 445 g/mol. The molecule has 0 amide bonds. The molecule has 0 unspecified atom stereocenters. The molecule has 0 aliphatic carbocycles. The number of fused-ring (bicyclic) bond motifs is 1. The largest absolute Gasteiger partial charge is 0.493 e. The number of methoxy groups -OCH3 is 2. The molecule has 0 saturated carbocycles. The molecule has 0 saturated heterocycles. The summed E-state index contributed by atoms with van der Waals surface area (Å²) in [5.74, 6) is 0.412. The first-order valence-corrected chi connectivity index (χ1v) is 10.8. The van der Waals surface area contributed by atoms with Gasteiger partial charge in [0.05, 0.1) is 14.2 Å². The molecule has 0 spiro atoms. The molecule has 6 nitrogen and oxygen atoms in total. The Balaban J connectivity index is 1.67. The lowest BCUT2D eigenvalue weighted by atomic mass is 10.1. The first-order valence-electron chi connectivity index (χ1n) is 10.8. The fourth-order valence-electron chi connectivity index (χ4n) is 4.21. The number of carboxylic acids is 1. The summed E-state index contributed by atoms with van der Waals surface area (Å²) in [6.07, 6.45) is 0. The van der Waals surface area contributed by atoms with Gasteiger partial charge in [0.25, 0.3) is 0 Å². The highest BCUT2D eigenvalue weighted by molar-refractivity contribution is 5.98. The van der Waals surface area contributed by atoms with Crippen molar-refractivity contribution in [2.45, 2.75) is 26.6 Å². The number of aromatic carboxylic acids is 1. The number of hydrogen-bond acceptors (Lipinski definition) is 4. The molecular weight excluding hydrogens is 416 g/mol. The number of aromatic nitrogens is 1. The van der Waals surface area contributed by atoms with E-state index in [9.17, 15) is 9.90 Å². The first kappa shape index (κ1) is 22.4. The molecule has 0 aliphatic rings. The zero-order valence-corrected chi connectivity index (χ0v) is 19.1. The van der Waals surface area contributed by atoms with Crippen molar-refractivity contribution in [3.63, 3.8) is 0 Å². The van der Waals surface area contributed by atoms with Crippen LogP contribution in [-0.4, -0.2) is 29.9 Å². The molecule has 4 rings (SSSR count). The Kier molecular flexibility index (Phi) is 6.66. The second kappa shape index (κ2) is 9.79. The number of rotatable bonds is 9. The summed E-state index contributed by atoms with van der Waals surface area (Å²) in [7, 11) is 3.22. The molecule has 0 atom stereocenters. The topological polar surface area (TPSA) is 72.7 Å². The van der Waals surface area contributed by atoms with Crippen molar-refractivity contribution < 1.29 is 19.4 Å². The van der Waals surface area contributed by atoms with E-state index in [0.717, 1.165) is 33.2 Å². The van der Waals surface area contributed by atoms with E-state index in [1.165, 1.54) is 0 Å². The van der Waals surface area contributed by atoms with Crippen molar-refractivity contribution in [3.8, 4) is 11.5 Å². The van der Waals surface area contributed by atoms with Gasteiger partial charge in [0.15, 0.2) is 11.5 Å². The summed E-state index contributed by atoms with van der Waals surface area (Å²) in [6.45, 7) is 3.51. The highest BCUT2D eigenvalue weighted by Crippen LogP contribution is 2.30. The van der Waals surface area contributed by atoms with Gasteiger partial charge >= 0.3 is 5.97 Å². The van der Waals surface area contributed by atoms with Crippen LogP contribution in [0.4, 0.5) is 0 Å². The lowest BCUT2D eigenvalue weighted by molar-refractivity contribution is 0.0684. The Morgan fingerprint density at radius 3 is 2.36 bits per heavy atom. The van der Waals surface area contributed by atoms with E-state index in [1.807, 2.05) is 72.2 Å². The maximum atomic E-state index is 12.4. The number of benzene rings is 3. The molecule has 0 aliphatic heterocycles. The van der Waals surface area contributed by atoms with Crippen LogP contribution in [-0.2, 0) is 19.6 Å². The lowest BCUT2D eigenvalue weighted by Gasteiger charge is -2.11. The van der Waals surface area contributed by atoms with Gasteiger partial charge < -0.3 is 24.5 Å². The zero-order chi connectivity index (χ0) is 23.4. The minimum absolute atomic E-state index is 0.319. The summed E-state index contributed by atoms with van der Waals surface area (Å²) in [5.41, 5.74) is 5.21. The molecule has 0 bridgehead atoms. The van der Waals surface area contributed by atoms with Crippen molar-refractivity contribution >= 4 is 16.9 Å². The minimum atomic E-state index is -0.928. The molecule has 2 N–H and O–H groups in total. The molecule has 6 heteroatoms. The number of carbonyl (C=O) groups is 1. The van der Waals surface area contributed by atoms with E-state index >= 15 is 0 Å². The van der Waals surface area contributed by atoms with Crippen molar-refractivity contribution in [2.75, 3.05) is 14.2 Å². The van der Waals surface area contributed by atoms with Crippen molar-refractivity contribution in [1.82, 2.24) is 9.88 Å². The predicted octanol–water partition coefficient (Wildman–Crippen LogP) is 5.00. The Bertz CT molecular complexity index is 1280. The van der Waals surface area contributed by atoms with Crippen molar-refractivity contribution in [1.29, 1.82) is 0 Å². The molecule has 0 fully saturated rings. The van der Waals surface area contributed by atoms with Gasteiger partial charge in [-0.15, -0.1) is 0 Å². The summed E-state index contributed by atoms with van der Waals surface area (Å²) < 4.78 is 12.6. The van der Waals surface area contributed by atoms with E-state index in [-0.39, 0.29) is 0 Å². The number of aryl methyl sites for hydroxylation is 1. The fraction of sp³-hybridized carbons (Fsp3) is 0.222. The molecule has 3 aromatic carbocycles. The van der Waals surface area contributed by atoms with E-state index in [4.69, 9.17) is 9.47 Å². The van der Waals surface area contributed by atoms with Gasteiger partial charge in [-0.05, 0) is 41.8 Å². The Labute approximate surface area is 193 Å². The second-order valence-electron chi connectivity index (χ2n) is 8.02. The second-order valence-corrected chi connectivity index (χ2v) is 8.02.